The van der Waals surface area contributed by atoms with Gasteiger partial charge in [0.25, 0.3) is 0 Å². The van der Waals surface area contributed by atoms with Crippen LogP contribution in [0.1, 0.15) is 6.92 Å². The molecule has 0 radical (unpaired) electrons. The van der Waals surface area contributed by atoms with E-state index in [1.807, 2.05) is 0 Å². The third kappa shape index (κ3) is 2.95. The Morgan fingerprint density at radius 3 is 2.00 bits per heavy atom. The van der Waals surface area contributed by atoms with E-state index in [1.165, 1.54) is 6.92 Å². The van der Waals surface area contributed by atoms with Gasteiger partial charge in [0, 0.05) is 31.4 Å². The SMILES string of the molecule is CC(=O)OC([C@@H]1COC(=S)O1)[C@H]1COC(=S)O1. The highest BCUT2D eigenvalue weighted by Crippen LogP contribution is 2.22. The summed E-state index contributed by atoms with van der Waals surface area (Å²) in [7, 11) is 0. The third-order valence-electron chi connectivity index (χ3n) is 2.26. The average Bonchev–Trinajstić information content (AvgIpc) is 2.84. The summed E-state index contributed by atoms with van der Waals surface area (Å²) < 4.78 is 25.6. The van der Waals surface area contributed by atoms with Crippen LogP contribution in [-0.2, 0) is 28.5 Å². The van der Waals surface area contributed by atoms with Gasteiger partial charge in [-0.3, -0.25) is 4.79 Å². The topological polar surface area (TPSA) is 63.2 Å². The standard InChI is InChI=1S/C9H10O6S2/c1-4(10)13-7(5-2-11-8(16)14-5)6-3-12-9(17)15-6/h5-7H,2-3H2,1H3/t5-,6+,7?. The Bertz CT molecular complexity index is 331. The van der Waals surface area contributed by atoms with Crippen LogP contribution < -0.4 is 0 Å². The number of carbonyl (C=O) groups excluding carboxylic acids is 1. The summed E-state index contributed by atoms with van der Waals surface area (Å²) in [6.07, 6.45) is -1.66. The van der Waals surface area contributed by atoms with E-state index in [9.17, 15) is 4.79 Å². The molecular formula is C9H10O6S2. The minimum absolute atomic E-state index is 0.0358. The Hall–Kier alpha value is -1.15. The maximum Gasteiger partial charge on any atom is 0.352 e. The van der Waals surface area contributed by atoms with Gasteiger partial charge in [-0.2, -0.15) is 0 Å². The number of carbonyl (C=O) groups is 1. The maximum atomic E-state index is 11.0. The fourth-order valence-electron chi connectivity index (χ4n) is 1.59. The fraction of sp³-hybridized carbons (Fsp3) is 0.667. The van der Waals surface area contributed by atoms with E-state index in [0.717, 1.165) is 0 Å². The average molecular weight is 278 g/mol. The van der Waals surface area contributed by atoms with E-state index >= 15 is 0 Å². The van der Waals surface area contributed by atoms with E-state index < -0.39 is 24.3 Å². The lowest BCUT2D eigenvalue weighted by Crippen LogP contribution is -2.43. The Morgan fingerprint density at radius 2 is 1.71 bits per heavy atom. The van der Waals surface area contributed by atoms with Gasteiger partial charge in [0.1, 0.15) is 13.2 Å². The summed E-state index contributed by atoms with van der Waals surface area (Å²) in [4.78, 5) is 11.0. The zero-order chi connectivity index (χ0) is 12.4. The van der Waals surface area contributed by atoms with Crippen LogP contribution >= 0.6 is 24.4 Å². The number of hydrogen-bond acceptors (Lipinski definition) is 8. The van der Waals surface area contributed by atoms with Crippen molar-refractivity contribution < 1.29 is 28.5 Å². The highest BCUT2D eigenvalue weighted by molar-refractivity contribution is 7.80. The number of hydrogen-bond donors (Lipinski definition) is 0. The van der Waals surface area contributed by atoms with E-state index in [4.69, 9.17) is 48.1 Å². The molecule has 0 aromatic heterocycles. The molecule has 3 atom stereocenters. The quantitative estimate of drug-likeness (QED) is 0.540. The van der Waals surface area contributed by atoms with Gasteiger partial charge in [0.15, 0.2) is 18.3 Å². The highest BCUT2D eigenvalue weighted by Gasteiger charge is 2.43. The molecule has 2 saturated heterocycles. The maximum absolute atomic E-state index is 11.0. The number of thiocarbonyl (C=S) groups is 2. The Morgan fingerprint density at radius 1 is 1.24 bits per heavy atom. The first-order valence-electron chi connectivity index (χ1n) is 4.90. The predicted octanol–water partition coefficient (Wildman–Crippen LogP) is 0.319. The van der Waals surface area contributed by atoms with Crippen molar-refractivity contribution in [2.45, 2.75) is 25.2 Å². The molecule has 2 heterocycles. The second-order valence-electron chi connectivity index (χ2n) is 3.51. The van der Waals surface area contributed by atoms with Crippen molar-refractivity contribution in [3.63, 3.8) is 0 Å². The van der Waals surface area contributed by atoms with Gasteiger partial charge in [-0.25, -0.2) is 0 Å². The molecule has 6 nitrogen and oxygen atoms in total. The minimum Gasteiger partial charge on any atom is -0.454 e. The second kappa shape index (κ2) is 5.01. The molecule has 0 N–H and O–H groups in total. The van der Waals surface area contributed by atoms with Crippen LogP contribution in [0.15, 0.2) is 0 Å². The monoisotopic (exact) mass is 278 g/mol. The molecule has 0 saturated carbocycles. The van der Waals surface area contributed by atoms with Crippen LogP contribution in [0.5, 0.6) is 0 Å². The Balaban J connectivity index is 2.04. The van der Waals surface area contributed by atoms with Crippen molar-refractivity contribution >= 4 is 40.9 Å². The van der Waals surface area contributed by atoms with Crippen molar-refractivity contribution in [1.29, 1.82) is 0 Å². The molecule has 2 aliphatic heterocycles. The fourth-order valence-corrected chi connectivity index (χ4v) is 1.97. The minimum atomic E-state index is -0.659. The number of rotatable bonds is 3. The molecule has 0 aliphatic carbocycles. The first kappa shape index (κ1) is 12.3. The number of ether oxygens (including phenoxy) is 5. The van der Waals surface area contributed by atoms with Crippen LogP contribution in [0.4, 0.5) is 0 Å². The molecule has 8 heteroatoms. The van der Waals surface area contributed by atoms with E-state index in [2.05, 4.69) is 0 Å². The van der Waals surface area contributed by atoms with Gasteiger partial charge >= 0.3 is 16.4 Å². The largest absolute Gasteiger partial charge is 0.454 e. The summed E-state index contributed by atoms with van der Waals surface area (Å²) in [6, 6.07) is 0. The van der Waals surface area contributed by atoms with Crippen LogP contribution in [0.2, 0.25) is 0 Å². The zero-order valence-electron chi connectivity index (χ0n) is 8.91. The van der Waals surface area contributed by atoms with E-state index in [0.29, 0.717) is 0 Å². The van der Waals surface area contributed by atoms with Crippen molar-refractivity contribution in [2.24, 2.45) is 0 Å². The van der Waals surface area contributed by atoms with Crippen molar-refractivity contribution in [2.75, 3.05) is 13.2 Å². The van der Waals surface area contributed by atoms with Gasteiger partial charge in [-0.15, -0.1) is 0 Å². The van der Waals surface area contributed by atoms with E-state index in [1.54, 1.807) is 0 Å². The summed E-state index contributed by atoms with van der Waals surface area (Å²) >= 11 is 9.49. The van der Waals surface area contributed by atoms with Crippen LogP contribution in [0.25, 0.3) is 0 Å². The first-order chi connectivity index (χ1) is 8.06. The summed E-state index contributed by atoms with van der Waals surface area (Å²) in [5.74, 6) is -0.446. The highest BCUT2D eigenvalue weighted by atomic mass is 32.1. The van der Waals surface area contributed by atoms with Gasteiger partial charge in [0.2, 0.25) is 0 Å². The van der Waals surface area contributed by atoms with Crippen molar-refractivity contribution in [3.05, 3.63) is 0 Å². The Labute approximate surface area is 108 Å². The smallest absolute Gasteiger partial charge is 0.352 e. The molecule has 2 rings (SSSR count). The van der Waals surface area contributed by atoms with Crippen LogP contribution in [-0.4, -0.2) is 48.0 Å². The van der Waals surface area contributed by atoms with Gasteiger partial charge in [0.05, 0.1) is 0 Å². The molecular weight excluding hydrogens is 268 g/mol. The van der Waals surface area contributed by atoms with Gasteiger partial charge in [-0.1, -0.05) is 0 Å². The zero-order valence-corrected chi connectivity index (χ0v) is 10.5. The predicted molar refractivity (Wildman–Crippen MR) is 62.4 cm³/mol. The van der Waals surface area contributed by atoms with Crippen LogP contribution in [0, 0.1) is 0 Å². The van der Waals surface area contributed by atoms with Gasteiger partial charge < -0.3 is 23.7 Å². The lowest BCUT2D eigenvalue weighted by Gasteiger charge is -2.23. The summed E-state index contributed by atoms with van der Waals surface area (Å²) in [5.41, 5.74) is 0. The molecule has 1 unspecified atom stereocenters. The normalized spacial score (nSPS) is 28.8. The number of esters is 1. The molecule has 94 valence electrons. The molecule has 0 spiro atoms. The summed E-state index contributed by atoms with van der Waals surface area (Å²) in [6.45, 7) is 1.72. The third-order valence-corrected chi connectivity index (χ3v) is 2.69. The second-order valence-corrected chi connectivity index (χ2v) is 4.18. The molecule has 0 aromatic carbocycles. The lowest BCUT2D eigenvalue weighted by atomic mass is 10.1. The van der Waals surface area contributed by atoms with Crippen LogP contribution in [0.3, 0.4) is 0 Å². The molecule has 0 amide bonds. The summed E-state index contributed by atoms with van der Waals surface area (Å²) in [5, 5.41) is 0.0716. The van der Waals surface area contributed by atoms with E-state index in [-0.39, 0.29) is 23.7 Å². The van der Waals surface area contributed by atoms with Crippen molar-refractivity contribution in [3.8, 4) is 0 Å². The molecule has 0 aromatic rings. The van der Waals surface area contributed by atoms with Gasteiger partial charge in [-0.05, 0) is 0 Å². The molecule has 2 fully saturated rings. The molecule has 0 bridgehead atoms. The molecule has 2 aliphatic rings. The van der Waals surface area contributed by atoms with Crippen molar-refractivity contribution in [1.82, 2.24) is 0 Å². The lowest BCUT2D eigenvalue weighted by molar-refractivity contribution is -0.157. The molecule has 17 heavy (non-hydrogen) atoms. The first-order valence-corrected chi connectivity index (χ1v) is 5.72. The Kier molecular flexibility index (Phi) is 3.63.